The van der Waals surface area contributed by atoms with Gasteiger partial charge < -0.3 is 13.9 Å². The van der Waals surface area contributed by atoms with Gasteiger partial charge >= 0.3 is 11.6 Å². The van der Waals surface area contributed by atoms with Gasteiger partial charge in [0.15, 0.2) is 17.9 Å². The van der Waals surface area contributed by atoms with E-state index in [0.717, 1.165) is 10.9 Å². The van der Waals surface area contributed by atoms with E-state index in [-0.39, 0.29) is 6.61 Å². The van der Waals surface area contributed by atoms with Crippen molar-refractivity contribution < 1.29 is 18.7 Å². The minimum atomic E-state index is -0.463. The number of carbonyl (C=O) groups excluding carboxylic acids is 1. The summed E-state index contributed by atoms with van der Waals surface area (Å²) in [5.41, 5.74) is 0.696. The Balaban J connectivity index is 2.33. The van der Waals surface area contributed by atoms with Crippen molar-refractivity contribution in [3.63, 3.8) is 0 Å². The molecule has 1 aromatic carbocycles. The molecule has 100 valence electrons. The third kappa shape index (κ3) is 2.93. The Hall–Kier alpha value is -2.30. The van der Waals surface area contributed by atoms with Crippen LogP contribution in [-0.2, 0) is 9.53 Å². The molecule has 1 aromatic heterocycles. The first-order valence-electron chi connectivity index (χ1n) is 5.93. The normalized spacial score (nSPS) is 10.4. The highest BCUT2D eigenvalue weighted by Crippen LogP contribution is 2.26. The molecule has 19 heavy (non-hydrogen) atoms. The molecule has 0 radical (unpaired) electrons. The van der Waals surface area contributed by atoms with Crippen LogP contribution in [0.3, 0.4) is 0 Å². The van der Waals surface area contributed by atoms with Crippen LogP contribution in [0.1, 0.15) is 12.5 Å². The van der Waals surface area contributed by atoms with Crippen LogP contribution in [-0.4, -0.2) is 19.2 Å². The maximum atomic E-state index is 11.4. The standard InChI is InChI=1S/C14H14O5/c1-3-17-13(16)8-18-11-6-4-5-10-9(2)7-12(15)19-14(10)11/h4-7H,3,8H2,1-2H3. The topological polar surface area (TPSA) is 65.7 Å². The largest absolute Gasteiger partial charge is 0.478 e. The predicted octanol–water partition coefficient (Wildman–Crippen LogP) is 2.04. The zero-order valence-electron chi connectivity index (χ0n) is 10.8. The van der Waals surface area contributed by atoms with E-state index in [4.69, 9.17) is 13.9 Å². The Kier molecular flexibility index (Phi) is 3.85. The first kappa shape index (κ1) is 13.1. The summed E-state index contributed by atoms with van der Waals surface area (Å²) in [6.45, 7) is 3.61. The van der Waals surface area contributed by atoms with E-state index >= 15 is 0 Å². The number of esters is 1. The summed E-state index contributed by atoms with van der Waals surface area (Å²) in [5, 5.41) is 0.779. The first-order valence-corrected chi connectivity index (χ1v) is 5.93. The Morgan fingerprint density at radius 2 is 2.16 bits per heavy atom. The van der Waals surface area contributed by atoms with Crippen molar-refractivity contribution in [1.29, 1.82) is 0 Å². The molecule has 0 saturated carbocycles. The van der Waals surface area contributed by atoms with Crippen LogP contribution < -0.4 is 10.4 Å². The average molecular weight is 262 g/mol. The SMILES string of the molecule is CCOC(=O)COc1cccc2c(C)cc(=O)oc12. The number of hydrogen-bond donors (Lipinski definition) is 0. The van der Waals surface area contributed by atoms with Crippen molar-refractivity contribution in [2.45, 2.75) is 13.8 Å². The van der Waals surface area contributed by atoms with Crippen molar-refractivity contribution >= 4 is 16.9 Å². The summed E-state index contributed by atoms with van der Waals surface area (Å²) in [6, 6.07) is 6.65. The van der Waals surface area contributed by atoms with Gasteiger partial charge in [0, 0.05) is 11.5 Å². The van der Waals surface area contributed by atoms with Gasteiger partial charge in [-0.25, -0.2) is 9.59 Å². The summed E-state index contributed by atoms with van der Waals surface area (Å²) < 4.78 is 15.2. The van der Waals surface area contributed by atoms with Gasteiger partial charge in [-0.15, -0.1) is 0 Å². The minimum Gasteiger partial charge on any atom is -0.478 e. The number of hydrogen-bond acceptors (Lipinski definition) is 5. The molecule has 5 nitrogen and oxygen atoms in total. The van der Waals surface area contributed by atoms with Crippen molar-refractivity contribution in [3.8, 4) is 5.75 Å². The van der Waals surface area contributed by atoms with Gasteiger partial charge in [0.2, 0.25) is 0 Å². The summed E-state index contributed by atoms with van der Waals surface area (Å²) >= 11 is 0. The summed E-state index contributed by atoms with van der Waals surface area (Å²) in [5.74, 6) is -0.110. The predicted molar refractivity (Wildman–Crippen MR) is 69.3 cm³/mol. The molecule has 2 rings (SSSR count). The third-order valence-corrected chi connectivity index (χ3v) is 2.59. The second-order valence-corrected chi connectivity index (χ2v) is 3.97. The Morgan fingerprint density at radius 3 is 2.89 bits per heavy atom. The number of rotatable bonds is 4. The summed E-state index contributed by atoms with van der Waals surface area (Å²) in [4.78, 5) is 22.6. The van der Waals surface area contributed by atoms with Crippen molar-refractivity contribution in [1.82, 2.24) is 0 Å². The van der Waals surface area contributed by atoms with E-state index in [1.165, 1.54) is 6.07 Å². The maximum absolute atomic E-state index is 11.4. The van der Waals surface area contributed by atoms with Crippen LogP contribution in [0, 0.1) is 6.92 Å². The second kappa shape index (κ2) is 5.56. The molecule has 0 N–H and O–H groups in total. The summed E-state index contributed by atoms with van der Waals surface area (Å²) in [6.07, 6.45) is 0. The average Bonchev–Trinajstić information content (AvgIpc) is 2.36. The highest BCUT2D eigenvalue weighted by atomic mass is 16.6. The number of fused-ring (bicyclic) bond motifs is 1. The van der Waals surface area contributed by atoms with Gasteiger partial charge in [0.05, 0.1) is 6.61 Å². The minimum absolute atomic E-state index is 0.218. The van der Waals surface area contributed by atoms with Crippen LogP contribution in [0.4, 0.5) is 0 Å². The first-order chi connectivity index (χ1) is 9.11. The molecule has 0 aliphatic heterocycles. The van der Waals surface area contributed by atoms with Gasteiger partial charge in [0.25, 0.3) is 0 Å². The zero-order valence-corrected chi connectivity index (χ0v) is 10.8. The third-order valence-electron chi connectivity index (χ3n) is 2.59. The molecule has 0 spiro atoms. The van der Waals surface area contributed by atoms with Crippen molar-refractivity contribution in [2.24, 2.45) is 0 Å². The Labute approximate surface area is 109 Å². The highest BCUT2D eigenvalue weighted by molar-refractivity contribution is 5.85. The fourth-order valence-corrected chi connectivity index (χ4v) is 1.77. The quantitative estimate of drug-likeness (QED) is 0.623. The molecule has 1 heterocycles. The lowest BCUT2D eigenvalue weighted by atomic mass is 10.1. The molecular weight excluding hydrogens is 248 g/mol. The van der Waals surface area contributed by atoms with Crippen LogP contribution in [0.25, 0.3) is 11.0 Å². The number of benzene rings is 1. The molecule has 0 fully saturated rings. The molecule has 0 amide bonds. The highest BCUT2D eigenvalue weighted by Gasteiger charge is 2.10. The Bertz CT molecular complexity index is 656. The number of ether oxygens (including phenoxy) is 2. The fourth-order valence-electron chi connectivity index (χ4n) is 1.77. The van der Waals surface area contributed by atoms with E-state index in [2.05, 4.69) is 0 Å². The molecule has 0 saturated heterocycles. The van der Waals surface area contributed by atoms with Gasteiger partial charge in [-0.3, -0.25) is 0 Å². The molecular formula is C14H14O5. The molecule has 0 atom stereocenters. The molecule has 5 heteroatoms. The van der Waals surface area contributed by atoms with E-state index in [1.807, 2.05) is 13.0 Å². The second-order valence-electron chi connectivity index (χ2n) is 3.97. The van der Waals surface area contributed by atoms with Crippen molar-refractivity contribution in [2.75, 3.05) is 13.2 Å². The molecule has 0 unspecified atom stereocenters. The van der Waals surface area contributed by atoms with E-state index in [9.17, 15) is 9.59 Å². The lowest BCUT2D eigenvalue weighted by Gasteiger charge is -2.08. The van der Waals surface area contributed by atoms with Crippen LogP contribution in [0.15, 0.2) is 33.5 Å². The van der Waals surface area contributed by atoms with E-state index in [0.29, 0.717) is 17.9 Å². The zero-order chi connectivity index (χ0) is 13.8. The maximum Gasteiger partial charge on any atom is 0.344 e. The monoisotopic (exact) mass is 262 g/mol. The number of para-hydroxylation sites is 1. The van der Waals surface area contributed by atoms with E-state index in [1.54, 1.807) is 19.1 Å². The van der Waals surface area contributed by atoms with Gasteiger partial charge in [-0.1, -0.05) is 12.1 Å². The fraction of sp³-hybridized carbons (Fsp3) is 0.286. The van der Waals surface area contributed by atoms with Crippen molar-refractivity contribution in [3.05, 3.63) is 40.2 Å². The molecule has 0 aliphatic carbocycles. The number of aryl methyl sites for hydroxylation is 1. The molecule has 0 bridgehead atoms. The van der Waals surface area contributed by atoms with Crippen LogP contribution >= 0.6 is 0 Å². The molecule has 2 aromatic rings. The van der Waals surface area contributed by atoms with Gasteiger partial charge in [0.1, 0.15) is 0 Å². The van der Waals surface area contributed by atoms with Gasteiger partial charge in [-0.05, 0) is 25.5 Å². The Morgan fingerprint density at radius 1 is 1.37 bits per heavy atom. The smallest absolute Gasteiger partial charge is 0.344 e. The van der Waals surface area contributed by atoms with Crippen LogP contribution in [0.2, 0.25) is 0 Å². The number of carbonyl (C=O) groups is 1. The lowest BCUT2D eigenvalue weighted by molar-refractivity contribution is -0.145. The van der Waals surface area contributed by atoms with E-state index < -0.39 is 11.6 Å². The lowest BCUT2D eigenvalue weighted by Crippen LogP contribution is -2.14. The van der Waals surface area contributed by atoms with Crippen LogP contribution in [0.5, 0.6) is 5.75 Å². The molecule has 0 aliphatic rings. The van der Waals surface area contributed by atoms with Gasteiger partial charge in [-0.2, -0.15) is 0 Å². The summed E-state index contributed by atoms with van der Waals surface area (Å²) in [7, 11) is 0.